The predicted molar refractivity (Wildman–Crippen MR) is 55.1 cm³/mol. The van der Waals surface area contributed by atoms with Crippen LogP contribution in [0.15, 0.2) is 0 Å². The molecule has 2 fully saturated rings. The van der Waals surface area contributed by atoms with Crippen molar-refractivity contribution in [2.45, 2.75) is 19.4 Å². The molecule has 2 unspecified atom stereocenters. The maximum atomic E-state index is 11.0. The van der Waals surface area contributed by atoms with Gasteiger partial charge in [0.05, 0.1) is 12.0 Å². The standard InChI is InChI=1S/C10H16N2O4/c1-10(8(13)14)2-3-12(6-10)5-7-4-11-9(15)16-7/h7H,2-6H2,1H3,(H,11,15)(H,13,14). The third-order valence-corrected chi connectivity index (χ3v) is 3.28. The second-order valence-electron chi connectivity index (χ2n) is 4.76. The molecule has 1 amide bonds. The van der Waals surface area contributed by atoms with Crippen LogP contribution < -0.4 is 5.32 Å². The van der Waals surface area contributed by atoms with Gasteiger partial charge >= 0.3 is 12.1 Å². The van der Waals surface area contributed by atoms with Crippen LogP contribution in [0.2, 0.25) is 0 Å². The largest absolute Gasteiger partial charge is 0.481 e. The van der Waals surface area contributed by atoms with Crippen molar-refractivity contribution < 1.29 is 19.4 Å². The van der Waals surface area contributed by atoms with Gasteiger partial charge in [-0.15, -0.1) is 0 Å². The molecule has 6 nitrogen and oxygen atoms in total. The Labute approximate surface area is 93.6 Å². The second kappa shape index (κ2) is 3.93. The van der Waals surface area contributed by atoms with E-state index >= 15 is 0 Å². The van der Waals surface area contributed by atoms with Gasteiger partial charge in [-0.1, -0.05) is 0 Å². The number of ether oxygens (including phenoxy) is 1. The lowest BCUT2D eigenvalue weighted by molar-refractivity contribution is -0.147. The van der Waals surface area contributed by atoms with Gasteiger partial charge in [0.1, 0.15) is 6.10 Å². The summed E-state index contributed by atoms with van der Waals surface area (Å²) in [5.41, 5.74) is -0.657. The van der Waals surface area contributed by atoms with Crippen molar-refractivity contribution in [1.82, 2.24) is 10.2 Å². The van der Waals surface area contributed by atoms with Crippen molar-refractivity contribution in [1.29, 1.82) is 0 Å². The molecule has 0 aromatic heterocycles. The maximum absolute atomic E-state index is 11.0. The van der Waals surface area contributed by atoms with Crippen LogP contribution in [0.25, 0.3) is 0 Å². The lowest BCUT2D eigenvalue weighted by Gasteiger charge is -2.21. The van der Waals surface area contributed by atoms with Gasteiger partial charge in [-0.3, -0.25) is 9.69 Å². The fraction of sp³-hybridized carbons (Fsp3) is 0.800. The summed E-state index contributed by atoms with van der Waals surface area (Å²) in [7, 11) is 0. The van der Waals surface area contributed by atoms with Crippen molar-refractivity contribution in [2.24, 2.45) is 5.41 Å². The van der Waals surface area contributed by atoms with Crippen LogP contribution in [0.4, 0.5) is 4.79 Å². The molecule has 0 saturated carbocycles. The number of nitrogens with zero attached hydrogens (tertiary/aromatic N) is 1. The van der Waals surface area contributed by atoms with Gasteiger partial charge in [-0.05, 0) is 19.9 Å². The number of carbonyl (C=O) groups is 2. The number of alkyl carbamates (subject to hydrolysis) is 1. The Bertz CT molecular complexity index is 320. The van der Waals surface area contributed by atoms with Gasteiger partial charge in [-0.2, -0.15) is 0 Å². The highest BCUT2D eigenvalue weighted by molar-refractivity contribution is 5.74. The minimum Gasteiger partial charge on any atom is -0.481 e. The van der Waals surface area contributed by atoms with E-state index in [4.69, 9.17) is 9.84 Å². The lowest BCUT2D eigenvalue weighted by atomic mass is 9.90. The first-order chi connectivity index (χ1) is 7.49. The number of likely N-dealkylation sites (tertiary alicyclic amines) is 1. The van der Waals surface area contributed by atoms with E-state index in [2.05, 4.69) is 5.32 Å². The molecule has 90 valence electrons. The number of aliphatic carboxylic acids is 1. The first kappa shape index (κ1) is 11.2. The molecular formula is C10H16N2O4. The molecular weight excluding hydrogens is 212 g/mol. The van der Waals surface area contributed by atoms with Crippen LogP contribution in [-0.4, -0.2) is 54.4 Å². The highest BCUT2D eigenvalue weighted by Gasteiger charge is 2.41. The van der Waals surface area contributed by atoms with Crippen molar-refractivity contribution in [3.8, 4) is 0 Å². The fourth-order valence-electron chi connectivity index (χ4n) is 2.21. The van der Waals surface area contributed by atoms with E-state index < -0.39 is 11.4 Å². The van der Waals surface area contributed by atoms with E-state index in [9.17, 15) is 9.59 Å². The summed E-state index contributed by atoms with van der Waals surface area (Å²) in [6.45, 7) is 4.15. The molecule has 2 N–H and O–H groups in total. The zero-order valence-electron chi connectivity index (χ0n) is 9.23. The molecule has 2 heterocycles. The van der Waals surface area contributed by atoms with Crippen LogP contribution in [0.3, 0.4) is 0 Å². The van der Waals surface area contributed by atoms with Gasteiger partial charge < -0.3 is 15.2 Å². The molecule has 2 atom stereocenters. The highest BCUT2D eigenvalue weighted by Crippen LogP contribution is 2.30. The zero-order chi connectivity index (χ0) is 11.8. The Hall–Kier alpha value is -1.30. The van der Waals surface area contributed by atoms with Crippen LogP contribution >= 0.6 is 0 Å². The Morgan fingerprint density at radius 3 is 3.00 bits per heavy atom. The number of carbonyl (C=O) groups excluding carboxylic acids is 1. The third-order valence-electron chi connectivity index (χ3n) is 3.28. The molecule has 2 rings (SSSR count). The molecule has 6 heteroatoms. The van der Waals surface area contributed by atoms with Gasteiger partial charge in [0.15, 0.2) is 0 Å². The summed E-state index contributed by atoms with van der Waals surface area (Å²) >= 11 is 0. The molecule has 0 aliphatic carbocycles. The van der Waals surface area contributed by atoms with Crippen molar-refractivity contribution in [2.75, 3.05) is 26.2 Å². The quantitative estimate of drug-likeness (QED) is 0.704. The average molecular weight is 228 g/mol. The molecule has 0 aromatic rings. The molecule has 2 saturated heterocycles. The van der Waals surface area contributed by atoms with Crippen LogP contribution in [0.5, 0.6) is 0 Å². The number of amides is 1. The number of carboxylic acid groups (broad SMARTS) is 1. The first-order valence-corrected chi connectivity index (χ1v) is 5.40. The van der Waals surface area contributed by atoms with Crippen molar-refractivity contribution >= 4 is 12.1 Å². The first-order valence-electron chi connectivity index (χ1n) is 5.40. The topological polar surface area (TPSA) is 78.9 Å². The normalized spacial score (nSPS) is 34.8. The second-order valence-corrected chi connectivity index (χ2v) is 4.76. The Morgan fingerprint density at radius 2 is 2.50 bits per heavy atom. The minimum absolute atomic E-state index is 0.149. The molecule has 0 aromatic carbocycles. The van der Waals surface area contributed by atoms with Gasteiger partial charge in [0, 0.05) is 13.1 Å². The van der Waals surface area contributed by atoms with Crippen molar-refractivity contribution in [3.63, 3.8) is 0 Å². The Morgan fingerprint density at radius 1 is 1.75 bits per heavy atom. The van der Waals surface area contributed by atoms with E-state index in [0.717, 1.165) is 6.54 Å². The highest BCUT2D eigenvalue weighted by atomic mass is 16.6. The number of hydrogen-bond donors (Lipinski definition) is 2. The summed E-state index contributed by atoms with van der Waals surface area (Å²) < 4.78 is 5.01. The summed E-state index contributed by atoms with van der Waals surface area (Å²) in [6.07, 6.45) is 0.116. The smallest absolute Gasteiger partial charge is 0.407 e. The number of rotatable bonds is 3. The van der Waals surface area contributed by atoms with Gasteiger partial charge in [0.25, 0.3) is 0 Å². The summed E-state index contributed by atoms with van der Waals surface area (Å²) in [5, 5.41) is 11.7. The number of nitrogens with one attached hydrogen (secondary N) is 1. The van der Waals surface area contributed by atoms with E-state index in [1.165, 1.54) is 0 Å². The molecule has 0 bridgehead atoms. The monoisotopic (exact) mass is 228 g/mol. The fourth-order valence-corrected chi connectivity index (χ4v) is 2.21. The molecule has 16 heavy (non-hydrogen) atoms. The van der Waals surface area contributed by atoms with Crippen molar-refractivity contribution in [3.05, 3.63) is 0 Å². The molecule has 2 aliphatic heterocycles. The van der Waals surface area contributed by atoms with Gasteiger partial charge in [-0.25, -0.2) is 4.79 Å². The van der Waals surface area contributed by atoms with E-state index in [-0.39, 0.29) is 12.2 Å². The van der Waals surface area contributed by atoms with Crippen LogP contribution in [0.1, 0.15) is 13.3 Å². The molecule has 0 spiro atoms. The number of cyclic esters (lactones) is 1. The Balaban J connectivity index is 1.85. The van der Waals surface area contributed by atoms with E-state index in [0.29, 0.717) is 26.1 Å². The van der Waals surface area contributed by atoms with Gasteiger partial charge in [0.2, 0.25) is 0 Å². The number of hydrogen-bond acceptors (Lipinski definition) is 4. The summed E-state index contributed by atoms with van der Waals surface area (Å²) in [4.78, 5) is 23.9. The predicted octanol–water partition coefficient (Wildman–Crippen LogP) is -0.109. The summed E-state index contributed by atoms with van der Waals surface area (Å²) in [6, 6.07) is 0. The minimum atomic E-state index is -0.753. The van der Waals surface area contributed by atoms with Crippen LogP contribution in [0, 0.1) is 5.41 Å². The Kier molecular flexibility index (Phi) is 2.75. The van der Waals surface area contributed by atoms with E-state index in [1.807, 2.05) is 4.90 Å². The van der Waals surface area contributed by atoms with Crippen LogP contribution in [-0.2, 0) is 9.53 Å². The number of carboxylic acids is 1. The molecule has 2 aliphatic rings. The summed E-state index contributed by atoms with van der Waals surface area (Å²) in [5.74, 6) is -0.753. The SMILES string of the molecule is CC1(C(=O)O)CCN(CC2CNC(=O)O2)C1. The zero-order valence-corrected chi connectivity index (χ0v) is 9.23. The maximum Gasteiger partial charge on any atom is 0.407 e. The average Bonchev–Trinajstić information content (AvgIpc) is 2.75. The molecule has 0 radical (unpaired) electrons. The lowest BCUT2D eigenvalue weighted by Crippen LogP contribution is -2.36. The van der Waals surface area contributed by atoms with E-state index in [1.54, 1.807) is 6.92 Å². The third kappa shape index (κ3) is 2.11.